The van der Waals surface area contributed by atoms with Crippen LogP contribution in [-0.4, -0.2) is 6.03 Å². The highest BCUT2D eigenvalue weighted by Crippen LogP contribution is 2.21. The molecule has 2 aromatic rings. The molecule has 1 atom stereocenters. The maximum absolute atomic E-state index is 13.5. The van der Waals surface area contributed by atoms with E-state index in [1.807, 2.05) is 44.2 Å². The molecule has 0 spiro atoms. The second-order valence-corrected chi connectivity index (χ2v) is 5.21. The van der Waals surface area contributed by atoms with Gasteiger partial charge in [0.05, 0.1) is 11.7 Å². The lowest BCUT2D eigenvalue weighted by atomic mass is 9.96. The fraction of sp³-hybridized carbons (Fsp3) is 0.235. The van der Waals surface area contributed by atoms with Crippen LogP contribution in [0.15, 0.2) is 54.6 Å². The number of carbonyl (C=O) groups excluding carboxylic acids is 1. The van der Waals surface area contributed by atoms with E-state index in [0.29, 0.717) is 0 Å². The average molecular weight is 286 g/mol. The topological polar surface area (TPSA) is 41.1 Å². The summed E-state index contributed by atoms with van der Waals surface area (Å²) < 4.78 is 13.5. The summed E-state index contributed by atoms with van der Waals surface area (Å²) in [5.74, 6) is -0.229. The van der Waals surface area contributed by atoms with Gasteiger partial charge in [-0.3, -0.25) is 0 Å². The summed E-state index contributed by atoms with van der Waals surface area (Å²) in [6.07, 6.45) is 0. The van der Waals surface area contributed by atoms with E-state index in [1.165, 1.54) is 12.1 Å². The van der Waals surface area contributed by atoms with Crippen LogP contribution < -0.4 is 10.6 Å². The normalized spacial score (nSPS) is 12.0. The fourth-order valence-electron chi connectivity index (χ4n) is 2.16. The minimum Gasteiger partial charge on any atom is -0.331 e. The highest BCUT2D eigenvalue weighted by atomic mass is 19.1. The van der Waals surface area contributed by atoms with E-state index in [2.05, 4.69) is 10.6 Å². The molecule has 0 aromatic heterocycles. The molecule has 0 fully saturated rings. The molecule has 0 aliphatic heterocycles. The molecule has 2 amide bonds. The third-order valence-corrected chi connectivity index (χ3v) is 3.23. The minimum atomic E-state index is -0.451. The predicted octanol–water partition coefficient (Wildman–Crippen LogP) is 4.34. The first-order valence-electron chi connectivity index (χ1n) is 6.95. The van der Waals surface area contributed by atoms with Gasteiger partial charge in [-0.15, -0.1) is 0 Å². The van der Waals surface area contributed by atoms with Crippen molar-refractivity contribution in [3.05, 3.63) is 66.0 Å². The van der Waals surface area contributed by atoms with Gasteiger partial charge in [0.2, 0.25) is 0 Å². The SMILES string of the molecule is CC(C)C(NC(=O)Nc1ccccc1F)c1ccccc1. The zero-order chi connectivity index (χ0) is 15.2. The Bertz CT molecular complexity index is 599. The number of hydrogen-bond acceptors (Lipinski definition) is 1. The molecular weight excluding hydrogens is 267 g/mol. The molecule has 0 radical (unpaired) electrons. The van der Waals surface area contributed by atoms with Crippen molar-refractivity contribution >= 4 is 11.7 Å². The number of urea groups is 1. The molecule has 0 bridgehead atoms. The van der Waals surface area contributed by atoms with Crippen LogP contribution in [-0.2, 0) is 0 Å². The van der Waals surface area contributed by atoms with Gasteiger partial charge in [-0.1, -0.05) is 56.3 Å². The molecule has 2 aromatic carbocycles. The minimum absolute atomic E-state index is 0.127. The molecule has 2 N–H and O–H groups in total. The lowest BCUT2D eigenvalue weighted by Crippen LogP contribution is -2.35. The Morgan fingerprint density at radius 2 is 1.62 bits per heavy atom. The molecule has 0 saturated heterocycles. The lowest BCUT2D eigenvalue weighted by Gasteiger charge is -2.23. The van der Waals surface area contributed by atoms with Crippen LogP contribution in [0, 0.1) is 11.7 Å². The Morgan fingerprint density at radius 1 is 1.00 bits per heavy atom. The number of nitrogens with one attached hydrogen (secondary N) is 2. The number of rotatable bonds is 4. The van der Waals surface area contributed by atoms with Crippen molar-refractivity contribution in [3.8, 4) is 0 Å². The summed E-state index contributed by atoms with van der Waals surface area (Å²) in [7, 11) is 0. The Balaban J connectivity index is 2.08. The van der Waals surface area contributed by atoms with E-state index >= 15 is 0 Å². The molecule has 3 nitrogen and oxygen atoms in total. The molecular formula is C17H19FN2O. The zero-order valence-electron chi connectivity index (χ0n) is 12.1. The second-order valence-electron chi connectivity index (χ2n) is 5.21. The van der Waals surface area contributed by atoms with Gasteiger partial charge in [0, 0.05) is 0 Å². The quantitative estimate of drug-likeness (QED) is 0.862. The van der Waals surface area contributed by atoms with E-state index in [4.69, 9.17) is 0 Å². The van der Waals surface area contributed by atoms with Crippen molar-refractivity contribution in [3.63, 3.8) is 0 Å². The number of hydrogen-bond donors (Lipinski definition) is 2. The van der Waals surface area contributed by atoms with Crippen LogP contribution in [0.4, 0.5) is 14.9 Å². The molecule has 0 heterocycles. The predicted molar refractivity (Wildman–Crippen MR) is 82.6 cm³/mol. The summed E-state index contributed by atoms with van der Waals surface area (Å²) in [5, 5.41) is 5.43. The van der Waals surface area contributed by atoms with Gasteiger partial charge in [0.15, 0.2) is 0 Å². The maximum Gasteiger partial charge on any atom is 0.319 e. The Labute approximate surface area is 124 Å². The first-order chi connectivity index (χ1) is 10.1. The number of halogens is 1. The van der Waals surface area contributed by atoms with Gasteiger partial charge >= 0.3 is 6.03 Å². The van der Waals surface area contributed by atoms with Crippen molar-refractivity contribution < 1.29 is 9.18 Å². The van der Waals surface area contributed by atoms with Gasteiger partial charge in [-0.2, -0.15) is 0 Å². The van der Waals surface area contributed by atoms with Crippen molar-refractivity contribution in [1.82, 2.24) is 5.32 Å². The van der Waals surface area contributed by atoms with Gasteiger partial charge < -0.3 is 10.6 Å². The highest BCUT2D eigenvalue weighted by Gasteiger charge is 2.18. The van der Waals surface area contributed by atoms with Crippen molar-refractivity contribution in [2.45, 2.75) is 19.9 Å². The molecule has 0 aliphatic rings. The number of carbonyl (C=O) groups is 1. The van der Waals surface area contributed by atoms with Crippen LogP contribution >= 0.6 is 0 Å². The first kappa shape index (κ1) is 15.0. The van der Waals surface area contributed by atoms with E-state index < -0.39 is 11.8 Å². The molecule has 21 heavy (non-hydrogen) atoms. The van der Waals surface area contributed by atoms with Crippen LogP contribution in [0.25, 0.3) is 0 Å². The second kappa shape index (κ2) is 6.88. The standard InChI is InChI=1S/C17H19FN2O/c1-12(2)16(13-8-4-3-5-9-13)20-17(21)19-15-11-7-6-10-14(15)18/h3-12,16H,1-2H3,(H2,19,20,21). The molecule has 2 rings (SSSR count). The number of anilines is 1. The summed E-state index contributed by atoms with van der Waals surface area (Å²) in [6, 6.07) is 15.3. The summed E-state index contributed by atoms with van der Waals surface area (Å²) in [6.45, 7) is 4.06. The van der Waals surface area contributed by atoms with Crippen LogP contribution in [0.5, 0.6) is 0 Å². The average Bonchev–Trinajstić information content (AvgIpc) is 2.48. The summed E-state index contributed by atoms with van der Waals surface area (Å²) in [4.78, 5) is 12.1. The van der Waals surface area contributed by atoms with Gasteiger partial charge in [0.25, 0.3) is 0 Å². The number of benzene rings is 2. The Morgan fingerprint density at radius 3 is 2.24 bits per heavy atom. The van der Waals surface area contributed by atoms with E-state index in [9.17, 15) is 9.18 Å². The molecule has 0 saturated carbocycles. The largest absolute Gasteiger partial charge is 0.331 e. The lowest BCUT2D eigenvalue weighted by molar-refractivity contribution is 0.244. The van der Waals surface area contributed by atoms with E-state index in [0.717, 1.165) is 5.56 Å². The number of para-hydroxylation sites is 1. The third kappa shape index (κ3) is 4.05. The smallest absolute Gasteiger partial charge is 0.319 e. The first-order valence-corrected chi connectivity index (χ1v) is 6.95. The van der Waals surface area contributed by atoms with Gasteiger partial charge in [0.1, 0.15) is 5.82 Å². The highest BCUT2D eigenvalue weighted by molar-refractivity contribution is 5.89. The Kier molecular flexibility index (Phi) is 4.93. The number of amides is 2. The van der Waals surface area contributed by atoms with Crippen molar-refractivity contribution in [1.29, 1.82) is 0 Å². The van der Waals surface area contributed by atoms with E-state index in [1.54, 1.807) is 12.1 Å². The fourth-order valence-corrected chi connectivity index (χ4v) is 2.16. The molecule has 4 heteroatoms. The van der Waals surface area contributed by atoms with Crippen LogP contribution in [0.2, 0.25) is 0 Å². The summed E-state index contributed by atoms with van der Waals surface area (Å²) in [5.41, 5.74) is 1.20. The third-order valence-electron chi connectivity index (χ3n) is 3.23. The van der Waals surface area contributed by atoms with Crippen molar-refractivity contribution in [2.24, 2.45) is 5.92 Å². The maximum atomic E-state index is 13.5. The zero-order valence-corrected chi connectivity index (χ0v) is 12.1. The Hall–Kier alpha value is -2.36. The molecule has 1 unspecified atom stereocenters. The van der Waals surface area contributed by atoms with Gasteiger partial charge in [-0.05, 0) is 23.6 Å². The monoisotopic (exact) mass is 286 g/mol. The molecule has 0 aliphatic carbocycles. The van der Waals surface area contributed by atoms with Crippen LogP contribution in [0.3, 0.4) is 0 Å². The van der Waals surface area contributed by atoms with Gasteiger partial charge in [-0.25, -0.2) is 9.18 Å². The summed E-state index contributed by atoms with van der Waals surface area (Å²) >= 11 is 0. The molecule has 110 valence electrons. The van der Waals surface area contributed by atoms with Crippen molar-refractivity contribution in [2.75, 3.05) is 5.32 Å². The van der Waals surface area contributed by atoms with Crippen LogP contribution in [0.1, 0.15) is 25.5 Å². The van der Waals surface area contributed by atoms with E-state index in [-0.39, 0.29) is 17.6 Å².